The van der Waals surface area contributed by atoms with E-state index in [0.29, 0.717) is 0 Å². The van der Waals surface area contributed by atoms with Crippen molar-refractivity contribution in [2.45, 2.75) is 25.7 Å². The Kier molecular flexibility index (Phi) is 2.65. The second-order valence-electron chi connectivity index (χ2n) is 4.85. The summed E-state index contributed by atoms with van der Waals surface area (Å²) in [5.41, 5.74) is 1.12. The lowest BCUT2D eigenvalue weighted by Crippen LogP contribution is -2.21. The number of H-pyrrole nitrogens is 1. The van der Waals surface area contributed by atoms with Crippen LogP contribution in [0.4, 0.5) is 4.39 Å². The third kappa shape index (κ3) is 2.16. The second-order valence-corrected chi connectivity index (χ2v) is 4.85. The number of hydrogen-bond acceptors (Lipinski definition) is 1. The highest BCUT2D eigenvalue weighted by Crippen LogP contribution is 2.33. The van der Waals surface area contributed by atoms with E-state index in [-0.39, 0.29) is 12.2 Å². The number of hydrogen-bond donors (Lipinski definition) is 2. The number of benzene rings is 1. The Morgan fingerprint density at radius 2 is 2.18 bits per heavy atom. The van der Waals surface area contributed by atoms with E-state index in [1.165, 1.54) is 12.1 Å². The maximum absolute atomic E-state index is 13.2. The molecule has 0 spiro atoms. The van der Waals surface area contributed by atoms with Crippen molar-refractivity contribution in [2.24, 2.45) is 0 Å². The normalized spacial score (nSPS) is 11.9. The molecule has 1 aromatic heterocycles. The molecular weight excluding hydrogens is 221 g/mol. The van der Waals surface area contributed by atoms with E-state index in [9.17, 15) is 9.18 Å². The molecule has 0 aliphatic heterocycles. The van der Waals surface area contributed by atoms with E-state index in [0.717, 1.165) is 16.5 Å². The summed E-state index contributed by atoms with van der Waals surface area (Å²) in [6.07, 6.45) is 1.77. The van der Waals surface area contributed by atoms with Crippen molar-refractivity contribution in [3.8, 4) is 0 Å². The predicted octanol–water partition coefficient (Wildman–Crippen LogP) is 3.06. The molecule has 0 unspecified atom stereocenters. The van der Waals surface area contributed by atoms with Gasteiger partial charge in [-0.1, -0.05) is 13.8 Å². The molecule has 3 nitrogen and oxygen atoms in total. The van der Waals surface area contributed by atoms with Gasteiger partial charge in [0, 0.05) is 22.5 Å². The first-order chi connectivity index (χ1) is 7.90. The van der Waals surface area contributed by atoms with Crippen LogP contribution in [0.1, 0.15) is 25.8 Å². The summed E-state index contributed by atoms with van der Waals surface area (Å²) in [5, 5.41) is 9.64. The highest BCUT2D eigenvalue weighted by molar-refractivity contribution is 5.85. The van der Waals surface area contributed by atoms with Crippen molar-refractivity contribution in [2.75, 3.05) is 0 Å². The van der Waals surface area contributed by atoms with Crippen molar-refractivity contribution in [3.05, 3.63) is 35.8 Å². The second kappa shape index (κ2) is 3.87. The fourth-order valence-corrected chi connectivity index (χ4v) is 2.13. The average molecular weight is 235 g/mol. The molecule has 0 aliphatic rings. The van der Waals surface area contributed by atoms with Crippen LogP contribution in [0.2, 0.25) is 0 Å². The Labute approximate surface area is 98.3 Å². The minimum Gasteiger partial charge on any atom is -0.481 e. The van der Waals surface area contributed by atoms with E-state index < -0.39 is 11.4 Å². The molecule has 90 valence electrons. The number of halogens is 1. The number of aromatic amines is 1. The molecule has 2 aromatic rings. The summed E-state index contributed by atoms with van der Waals surface area (Å²) in [5.74, 6) is -1.18. The van der Waals surface area contributed by atoms with E-state index in [4.69, 9.17) is 5.11 Å². The van der Waals surface area contributed by atoms with Crippen LogP contribution in [-0.2, 0) is 10.2 Å². The van der Waals surface area contributed by atoms with Gasteiger partial charge in [0.25, 0.3) is 0 Å². The van der Waals surface area contributed by atoms with Gasteiger partial charge in [-0.3, -0.25) is 4.79 Å². The monoisotopic (exact) mass is 235 g/mol. The van der Waals surface area contributed by atoms with Crippen LogP contribution in [-0.4, -0.2) is 16.1 Å². The van der Waals surface area contributed by atoms with Crippen LogP contribution in [0.15, 0.2) is 24.4 Å². The zero-order chi connectivity index (χ0) is 12.6. The lowest BCUT2D eigenvalue weighted by atomic mass is 9.81. The molecule has 1 heterocycles. The minimum absolute atomic E-state index is 0.0104. The summed E-state index contributed by atoms with van der Waals surface area (Å²) in [4.78, 5) is 13.9. The van der Waals surface area contributed by atoms with Crippen LogP contribution in [0.3, 0.4) is 0 Å². The molecule has 0 amide bonds. The maximum atomic E-state index is 13.2. The van der Waals surface area contributed by atoms with Gasteiger partial charge in [-0.25, -0.2) is 4.39 Å². The summed E-state index contributed by atoms with van der Waals surface area (Å²) < 4.78 is 13.2. The third-order valence-electron chi connectivity index (χ3n) is 2.97. The summed E-state index contributed by atoms with van der Waals surface area (Å²) >= 11 is 0. The van der Waals surface area contributed by atoms with E-state index in [1.807, 2.05) is 13.8 Å². The molecule has 0 saturated heterocycles. The molecule has 2 N–H and O–H groups in total. The standard InChI is InChI=1S/C13H14FNO2/c1-13(2,6-12(16)17)10-7-15-11-4-3-8(14)5-9(10)11/h3-5,7,15H,6H2,1-2H3,(H,16,17). The Hall–Kier alpha value is -1.84. The first-order valence-corrected chi connectivity index (χ1v) is 5.39. The molecule has 0 aliphatic carbocycles. The van der Waals surface area contributed by atoms with Crippen molar-refractivity contribution in [1.29, 1.82) is 0 Å². The van der Waals surface area contributed by atoms with E-state index in [1.54, 1.807) is 12.3 Å². The SMILES string of the molecule is CC(C)(CC(=O)O)c1c[nH]c2ccc(F)cc12. The van der Waals surface area contributed by atoms with Gasteiger partial charge in [-0.15, -0.1) is 0 Å². The molecular formula is C13H14FNO2. The Balaban J connectivity index is 2.55. The molecule has 0 saturated carbocycles. The third-order valence-corrected chi connectivity index (χ3v) is 2.97. The fourth-order valence-electron chi connectivity index (χ4n) is 2.13. The van der Waals surface area contributed by atoms with E-state index >= 15 is 0 Å². The molecule has 2 rings (SSSR count). The van der Waals surface area contributed by atoms with E-state index in [2.05, 4.69) is 4.98 Å². The smallest absolute Gasteiger partial charge is 0.304 e. The van der Waals surface area contributed by atoms with Crippen molar-refractivity contribution < 1.29 is 14.3 Å². The Morgan fingerprint density at radius 3 is 2.82 bits per heavy atom. The number of aromatic nitrogens is 1. The largest absolute Gasteiger partial charge is 0.481 e. The molecule has 1 aromatic carbocycles. The van der Waals surface area contributed by atoms with Crippen LogP contribution < -0.4 is 0 Å². The summed E-state index contributed by atoms with van der Waals surface area (Å²) in [6, 6.07) is 4.47. The van der Waals surface area contributed by atoms with Gasteiger partial charge < -0.3 is 10.1 Å². The highest BCUT2D eigenvalue weighted by atomic mass is 19.1. The lowest BCUT2D eigenvalue weighted by molar-refractivity contribution is -0.138. The van der Waals surface area contributed by atoms with Gasteiger partial charge in [0.2, 0.25) is 0 Å². The van der Waals surface area contributed by atoms with Crippen LogP contribution >= 0.6 is 0 Å². The fraction of sp³-hybridized carbons (Fsp3) is 0.308. The number of aliphatic carboxylic acids is 1. The number of fused-ring (bicyclic) bond motifs is 1. The quantitative estimate of drug-likeness (QED) is 0.859. The first-order valence-electron chi connectivity index (χ1n) is 5.39. The first kappa shape index (κ1) is 11.6. The number of carboxylic acid groups (broad SMARTS) is 1. The lowest BCUT2D eigenvalue weighted by Gasteiger charge is -2.21. The highest BCUT2D eigenvalue weighted by Gasteiger charge is 2.27. The zero-order valence-corrected chi connectivity index (χ0v) is 9.75. The average Bonchev–Trinajstić information content (AvgIpc) is 2.58. The van der Waals surface area contributed by atoms with Gasteiger partial charge in [0.1, 0.15) is 5.82 Å². The topological polar surface area (TPSA) is 53.1 Å². The van der Waals surface area contributed by atoms with Crippen molar-refractivity contribution in [3.63, 3.8) is 0 Å². The number of nitrogens with one attached hydrogen (secondary N) is 1. The number of carbonyl (C=O) groups is 1. The molecule has 0 radical (unpaired) electrons. The van der Waals surface area contributed by atoms with Gasteiger partial charge in [-0.05, 0) is 23.8 Å². The minimum atomic E-state index is -0.860. The Bertz CT molecular complexity index is 572. The van der Waals surface area contributed by atoms with Crippen molar-refractivity contribution in [1.82, 2.24) is 4.98 Å². The zero-order valence-electron chi connectivity index (χ0n) is 9.75. The van der Waals surface area contributed by atoms with Gasteiger partial charge in [-0.2, -0.15) is 0 Å². The van der Waals surface area contributed by atoms with Crippen LogP contribution in [0.25, 0.3) is 10.9 Å². The van der Waals surface area contributed by atoms with Crippen LogP contribution in [0.5, 0.6) is 0 Å². The summed E-state index contributed by atoms with van der Waals surface area (Å²) in [7, 11) is 0. The molecule has 4 heteroatoms. The molecule has 0 bridgehead atoms. The molecule has 0 fully saturated rings. The van der Waals surface area contributed by atoms with Gasteiger partial charge in [0.05, 0.1) is 6.42 Å². The van der Waals surface area contributed by atoms with Crippen molar-refractivity contribution >= 4 is 16.9 Å². The maximum Gasteiger partial charge on any atom is 0.304 e. The molecule has 17 heavy (non-hydrogen) atoms. The Morgan fingerprint density at radius 1 is 1.47 bits per heavy atom. The number of carboxylic acids is 1. The van der Waals surface area contributed by atoms with Crippen LogP contribution in [0, 0.1) is 5.82 Å². The number of rotatable bonds is 3. The van der Waals surface area contributed by atoms with Gasteiger partial charge >= 0.3 is 5.97 Å². The predicted molar refractivity (Wildman–Crippen MR) is 63.5 cm³/mol. The molecule has 0 atom stereocenters. The van der Waals surface area contributed by atoms with Gasteiger partial charge in [0.15, 0.2) is 0 Å². The summed E-state index contributed by atoms with van der Waals surface area (Å²) in [6.45, 7) is 3.68.